The highest BCUT2D eigenvalue weighted by Crippen LogP contribution is 2.16. The molecule has 22 heavy (non-hydrogen) atoms. The van der Waals surface area contributed by atoms with Gasteiger partial charge in [-0.25, -0.2) is 14.4 Å². The van der Waals surface area contributed by atoms with Gasteiger partial charge in [0.2, 0.25) is 0 Å². The number of rotatable bonds is 3. The molecule has 0 aliphatic rings. The van der Waals surface area contributed by atoms with Crippen LogP contribution in [-0.2, 0) is 0 Å². The van der Waals surface area contributed by atoms with Gasteiger partial charge in [-0.2, -0.15) is 0 Å². The van der Waals surface area contributed by atoms with Gasteiger partial charge in [-0.15, -0.1) is 0 Å². The molecule has 0 saturated heterocycles. The first-order valence-electron chi connectivity index (χ1n) is 6.67. The summed E-state index contributed by atoms with van der Waals surface area (Å²) in [4.78, 5) is 20.3. The Morgan fingerprint density at radius 3 is 2.36 bits per heavy atom. The number of carbonyl (C=O) groups excluding carboxylic acids is 1. The van der Waals surface area contributed by atoms with Gasteiger partial charge in [0.15, 0.2) is 5.82 Å². The lowest BCUT2D eigenvalue weighted by Gasteiger charge is -2.05. The van der Waals surface area contributed by atoms with Crippen LogP contribution >= 0.6 is 0 Å². The first-order chi connectivity index (χ1) is 10.7. The van der Waals surface area contributed by atoms with E-state index in [0.717, 1.165) is 0 Å². The normalized spacial score (nSPS) is 10.2. The van der Waals surface area contributed by atoms with Crippen LogP contribution in [0.15, 0.2) is 67.0 Å². The third-order valence-corrected chi connectivity index (χ3v) is 3.03. The van der Waals surface area contributed by atoms with Gasteiger partial charge in [0.25, 0.3) is 5.91 Å². The molecular formula is C17H12FN3O. The molecule has 0 aliphatic heterocycles. The lowest BCUT2D eigenvalue weighted by molar-refractivity contribution is 0.102. The predicted octanol–water partition coefficient (Wildman–Crippen LogP) is 3.54. The van der Waals surface area contributed by atoms with Crippen LogP contribution in [0.5, 0.6) is 0 Å². The fraction of sp³-hybridized carbons (Fsp3) is 0. The van der Waals surface area contributed by atoms with Crippen molar-refractivity contribution in [2.45, 2.75) is 0 Å². The van der Waals surface area contributed by atoms with Gasteiger partial charge >= 0.3 is 0 Å². The van der Waals surface area contributed by atoms with E-state index >= 15 is 0 Å². The molecule has 2 aromatic carbocycles. The van der Waals surface area contributed by atoms with Gasteiger partial charge in [0.1, 0.15) is 5.82 Å². The fourth-order valence-electron chi connectivity index (χ4n) is 1.95. The molecule has 1 N–H and O–H groups in total. The maximum atomic E-state index is 13.2. The summed E-state index contributed by atoms with van der Waals surface area (Å²) in [6, 6.07) is 15.1. The molecule has 3 aromatic rings. The van der Waals surface area contributed by atoms with E-state index < -0.39 is 0 Å². The summed E-state index contributed by atoms with van der Waals surface area (Å²) in [7, 11) is 0. The van der Waals surface area contributed by atoms with Crippen LogP contribution < -0.4 is 5.32 Å². The number of hydrogen-bond donors (Lipinski definition) is 1. The van der Waals surface area contributed by atoms with E-state index in [1.807, 2.05) is 18.2 Å². The number of para-hydroxylation sites is 1. The van der Waals surface area contributed by atoms with Crippen molar-refractivity contribution in [1.82, 2.24) is 9.97 Å². The largest absolute Gasteiger partial charge is 0.322 e. The second kappa shape index (κ2) is 6.13. The van der Waals surface area contributed by atoms with Crippen molar-refractivity contribution in [3.05, 3.63) is 78.4 Å². The summed E-state index contributed by atoms with van der Waals surface area (Å²) in [6.45, 7) is 0. The highest BCUT2D eigenvalue weighted by atomic mass is 19.1. The number of benzene rings is 2. The van der Waals surface area contributed by atoms with Gasteiger partial charge < -0.3 is 5.32 Å². The maximum absolute atomic E-state index is 13.2. The Bertz CT molecular complexity index is 789. The molecule has 1 aromatic heterocycles. The molecular weight excluding hydrogens is 281 g/mol. The van der Waals surface area contributed by atoms with E-state index in [9.17, 15) is 9.18 Å². The summed E-state index contributed by atoms with van der Waals surface area (Å²) in [5, 5.41) is 2.75. The summed E-state index contributed by atoms with van der Waals surface area (Å²) in [5.41, 5.74) is 1.60. The molecule has 0 radical (unpaired) electrons. The number of halogens is 1. The highest BCUT2D eigenvalue weighted by Gasteiger charge is 2.08. The minimum absolute atomic E-state index is 0.294. The predicted molar refractivity (Wildman–Crippen MR) is 81.8 cm³/mol. The van der Waals surface area contributed by atoms with Crippen molar-refractivity contribution in [3.8, 4) is 11.4 Å². The topological polar surface area (TPSA) is 54.9 Å². The summed E-state index contributed by atoms with van der Waals surface area (Å²) < 4.78 is 13.2. The third kappa shape index (κ3) is 3.15. The molecule has 0 saturated carbocycles. The molecule has 3 rings (SSSR count). The van der Waals surface area contributed by atoms with Crippen LogP contribution in [0, 0.1) is 5.82 Å². The number of aromatic nitrogens is 2. The molecule has 0 atom stereocenters. The molecule has 108 valence electrons. The molecule has 0 aliphatic carbocycles. The maximum Gasteiger partial charge on any atom is 0.258 e. The first kappa shape index (κ1) is 13.9. The molecule has 0 fully saturated rings. The smallest absolute Gasteiger partial charge is 0.258 e. The zero-order valence-corrected chi connectivity index (χ0v) is 11.5. The van der Waals surface area contributed by atoms with Crippen molar-refractivity contribution >= 4 is 11.6 Å². The van der Waals surface area contributed by atoms with E-state index in [4.69, 9.17) is 0 Å². The molecule has 0 spiro atoms. The summed E-state index contributed by atoms with van der Waals surface area (Å²) in [6.07, 6.45) is 2.84. The minimum Gasteiger partial charge on any atom is -0.322 e. The number of amides is 1. The molecule has 1 heterocycles. The fourth-order valence-corrected chi connectivity index (χ4v) is 1.95. The summed E-state index contributed by atoms with van der Waals surface area (Å²) in [5.74, 6) is -0.278. The van der Waals surface area contributed by atoms with Gasteiger partial charge in [0.05, 0.1) is 5.56 Å². The van der Waals surface area contributed by atoms with E-state index in [1.165, 1.54) is 24.5 Å². The minimum atomic E-state index is -0.355. The van der Waals surface area contributed by atoms with E-state index in [1.54, 1.807) is 24.3 Å². The number of nitrogens with zero attached hydrogens (tertiary/aromatic N) is 2. The Balaban J connectivity index is 1.78. The van der Waals surface area contributed by atoms with Crippen LogP contribution in [0.3, 0.4) is 0 Å². The Morgan fingerprint density at radius 2 is 1.68 bits per heavy atom. The Kier molecular flexibility index (Phi) is 3.87. The van der Waals surface area contributed by atoms with Crippen molar-refractivity contribution < 1.29 is 9.18 Å². The quantitative estimate of drug-likeness (QED) is 0.803. The van der Waals surface area contributed by atoms with Crippen molar-refractivity contribution in [2.24, 2.45) is 0 Å². The summed E-state index contributed by atoms with van der Waals surface area (Å²) >= 11 is 0. The van der Waals surface area contributed by atoms with Crippen molar-refractivity contribution in [1.29, 1.82) is 0 Å². The molecule has 0 bridgehead atoms. The highest BCUT2D eigenvalue weighted by molar-refractivity contribution is 6.03. The first-order valence-corrected chi connectivity index (χ1v) is 6.67. The van der Waals surface area contributed by atoms with Crippen molar-refractivity contribution in [2.75, 3.05) is 5.32 Å². The third-order valence-electron chi connectivity index (χ3n) is 3.03. The van der Waals surface area contributed by atoms with E-state index in [2.05, 4.69) is 15.3 Å². The van der Waals surface area contributed by atoms with Crippen LogP contribution in [0.25, 0.3) is 11.4 Å². The molecule has 0 unspecified atom stereocenters. The molecule has 5 heteroatoms. The second-order valence-electron chi connectivity index (χ2n) is 4.63. The SMILES string of the molecule is O=C(Nc1ccccc1)c1cnc(-c2cccc(F)c2)nc1. The van der Waals surface area contributed by atoms with Crippen LogP contribution in [0.1, 0.15) is 10.4 Å². The molecule has 1 amide bonds. The van der Waals surface area contributed by atoms with Gasteiger partial charge in [-0.1, -0.05) is 30.3 Å². The zero-order chi connectivity index (χ0) is 15.4. The van der Waals surface area contributed by atoms with Crippen LogP contribution in [-0.4, -0.2) is 15.9 Å². The monoisotopic (exact) mass is 293 g/mol. The Labute approximate surface area is 126 Å². The molecule has 4 nitrogen and oxygen atoms in total. The Hall–Kier alpha value is -3.08. The number of nitrogens with one attached hydrogen (secondary N) is 1. The average molecular weight is 293 g/mol. The second-order valence-corrected chi connectivity index (χ2v) is 4.63. The lowest BCUT2D eigenvalue weighted by atomic mass is 10.2. The average Bonchev–Trinajstić information content (AvgIpc) is 2.56. The lowest BCUT2D eigenvalue weighted by Crippen LogP contribution is -2.12. The van der Waals surface area contributed by atoms with Crippen molar-refractivity contribution in [3.63, 3.8) is 0 Å². The standard InChI is InChI=1S/C17H12FN3O/c18-14-6-4-5-12(9-14)16-19-10-13(11-20-16)17(22)21-15-7-2-1-3-8-15/h1-11H,(H,21,22). The number of anilines is 1. The number of hydrogen-bond acceptors (Lipinski definition) is 3. The van der Waals surface area contributed by atoms with Crippen LogP contribution in [0.4, 0.5) is 10.1 Å². The van der Waals surface area contributed by atoms with Gasteiger partial charge in [0, 0.05) is 23.6 Å². The van der Waals surface area contributed by atoms with Gasteiger partial charge in [-0.05, 0) is 24.3 Å². The van der Waals surface area contributed by atoms with Gasteiger partial charge in [-0.3, -0.25) is 4.79 Å². The van der Waals surface area contributed by atoms with Crippen LogP contribution in [0.2, 0.25) is 0 Å². The number of carbonyl (C=O) groups is 1. The van der Waals surface area contributed by atoms with E-state index in [0.29, 0.717) is 22.6 Å². The zero-order valence-electron chi connectivity index (χ0n) is 11.5. The Morgan fingerprint density at radius 1 is 0.955 bits per heavy atom. The van der Waals surface area contributed by atoms with E-state index in [-0.39, 0.29) is 11.7 Å².